The number of hydrogen-bond acceptors (Lipinski definition) is 4. The van der Waals surface area contributed by atoms with Crippen LogP contribution in [-0.4, -0.2) is 14.6 Å². The predicted molar refractivity (Wildman–Crippen MR) is 112 cm³/mol. The molecule has 0 radical (unpaired) electrons. The SMILES string of the molecule is Cc1ccc(S(=O)(=O)Oc2ccc(C=Nc3ccccc3C)cc2Br)cc1. The van der Waals surface area contributed by atoms with E-state index in [4.69, 9.17) is 4.18 Å². The molecule has 0 aromatic heterocycles. The monoisotopic (exact) mass is 443 g/mol. The second-order valence-electron chi connectivity index (χ2n) is 6.09. The minimum Gasteiger partial charge on any atom is -0.378 e. The van der Waals surface area contributed by atoms with Crippen molar-refractivity contribution in [3.05, 3.63) is 87.9 Å². The van der Waals surface area contributed by atoms with Gasteiger partial charge in [-0.1, -0.05) is 35.9 Å². The van der Waals surface area contributed by atoms with Crippen LogP contribution < -0.4 is 4.18 Å². The van der Waals surface area contributed by atoms with Crippen molar-refractivity contribution in [1.29, 1.82) is 0 Å². The number of para-hydroxylation sites is 1. The summed E-state index contributed by atoms with van der Waals surface area (Å²) in [6.45, 7) is 3.89. The third-order valence-electron chi connectivity index (χ3n) is 3.93. The molecule has 0 spiro atoms. The molecule has 0 aliphatic rings. The minimum atomic E-state index is -3.89. The van der Waals surface area contributed by atoms with Crippen molar-refractivity contribution in [3.8, 4) is 5.75 Å². The van der Waals surface area contributed by atoms with Gasteiger partial charge in [-0.25, -0.2) is 0 Å². The number of benzene rings is 3. The largest absolute Gasteiger partial charge is 0.378 e. The second kappa shape index (κ2) is 8.06. The van der Waals surface area contributed by atoms with Crippen molar-refractivity contribution in [3.63, 3.8) is 0 Å². The first-order valence-electron chi connectivity index (χ1n) is 8.25. The molecule has 27 heavy (non-hydrogen) atoms. The van der Waals surface area contributed by atoms with Gasteiger partial charge in [0.1, 0.15) is 4.90 Å². The van der Waals surface area contributed by atoms with E-state index in [9.17, 15) is 8.42 Å². The smallest absolute Gasteiger partial charge is 0.339 e. The summed E-state index contributed by atoms with van der Waals surface area (Å²) in [4.78, 5) is 4.59. The lowest BCUT2D eigenvalue weighted by molar-refractivity contribution is 0.484. The molecule has 6 heteroatoms. The van der Waals surface area contributed by atoms with E-state index < -0.39 is 10.1 Å². The number of rotatable bonds is 5. The lowest BCUT2D eigenvalue weighted by Crippen LogP contribution is -2.10. The molecule has 0 atom stereocenters. The Kier molecular flexibility index (Phi) is 5.77. The summed E-state index contributed by atoms with van der Waals surface area (Å²) >= 11 is 3.37. The topological polar surface area (TPSA) is 55.7 Å². The summed E-state index contributed by atoms with van der Waals surface area (Å²) in [6.07, 6.45) is 1.73. The van der Waals surface area contributed by atoms with Gasteiger partial charge in [-0.05, 0) is 77.3 Å². The highest BCUT2D eigenvalue weighted by Gasteiger charge is 2.18. The Hall–Kier alpha value is -2.44. The Morgan fingerprint density at radius 1 is 0.963 bits per heavy atom. The average Bonchev–Trinajstić information content (AvgIpc) is 2.63. The fourth-order valence-electron chi connectivity index (χ4n) is 2.39. The van der Waals surface area contributed by atoms with Gasteiger partial charge in [0.05, 0.1) is 10.2 Å². The molecule has 138 valence electrons. The number of hydrogen-bond donors (Lipinski definition) is 0. The lowest BCUT2D eigenvalue weighted by Gasteiger charge is -2.09. The van der Waals surface area contributed by atoms with Crippen LogP contribution in [0.3, 0.4) is 0 Å². The van der Waals surface area contributed by atoms with Crippen LogP contribution in [0.5, 0.6) is 5.75 Å². The number of nitrogens with zero attached hydrogens (tertiary/aromatic N) is 1. The maximum absolute atomic E-state index is 12.4. The van der Waals surface area contributed by atoms with E-state index in [1.807, 2.05) is 38.1 Å². The molecule has 3 rings (SSSR count). The van der Waals surface area contributed by atoms with E-state index in [0.717, 1.165) is 22.4 Å². The lowest BCUT2D eigenvalue weighted by atomic mass is 10.2. The minimum absolute atomic E-state index is 0.116. The molecule has 0 aliphatic carbocycles. The maximum Gasteiger partial charge on any atom is 0.339 e. The van der Waals surface area contributed by atoms with Crippen LogP contribution in [0.25, 0.3) is 0 Å². The van der Waals surface area contributed by atoms with Crippen LogP contribution in [0.15, 0.2) is 81.1 Å². The maximum atomic E-state index is 12.4. The molecule has 4 nitrogen and oxygen atoms in total. The third kappa shape index (κ3) is 4.84. The van der Waals surface area contributed by atoms with Gasteiger partial charge in [0.15, 0.2) is 5.75 Å². The van der Waals surface area contributed by atoms with E-state index in [1.54, 1.807) is 36.5 Å². The van der Waals surface area contributed by atoms with Gasteiger partial charge < -0.3 is 4.18 Å². The van der Waals surface area contributed by atoms with E-state index in [-0.39, 0.29) is 10.6 Å². The van der Waals surface area contributed by atoms with Crippen LogP contribution in [0, 0.1) is 13.8 Å². The summed E-state index contributed by atoms with van der Waals surface area (Å²) < 4.78 is 30.7. The Labute approximate surface area is 167 Å². The van der Waals surface area contributed by atoms with Crippen LogP contribution in [0.4, 0.5) is 5.69 Å². The van der Waals surface area contributed by atoms with Crippen molar-refractivity contribution >= 4 is 38.0 Å². The van der Waals surface area contributed by atoms with Crippen molar-refractivity contribution < 1.29 is 12.6 Å². The highest BCUT2D eigenvalue weighted by molar-refractivity contribution is 9.10. The van der Waals surface area contributed by atoms with E-state index in [0.29, 0.717) is 4.47 Å². The number of aliphatic imine (C=N–C) groups is 1. The zero-order chi connectivity index (χ0) is 19.4. The molecule has 0 fully saturated rings. The first-order chi connectivity index (χ1) is 12.8. The molecular formula is C21H18BrNO3S. The van der Waals surface area contributed by atoms with Gasteiger partial charge in [0, 0.05) is 6.21 Å². The van der Waals surface area contributed by atoms with Crippen LogP contribution in [0.1, 0.15) is 16.7 Å². The van der Waals surface area contributed by atoms with Crippen molar-refractivity contribution in [2.45, 2.75) is 18.7 Å². The Balaban J connectivity index is 1.81. The predicted octanol–water partition coefficient (Wildman–Crippen LogP) is 5.58. The van der Waals surface area contributed by atoms with E-state index in [2.05, 4.69) is 20.9 Å². The third-order valence-corrected chi connectivity index (χ3v) is 5.80. The molecular weight excluding hydrogens is 426 g/mol. The van der Waals surface area contributed by atoms with Crippen molar-refractivity contribution in [1.82, 2.24) is 0 Å². The van der Waals surface area contributed by atoms with Gasteiger partial charge >= 0.3 is 10.1 Å². The highest BCUT2D eigenvalue weighted by Crippen LogP contribution is 2.29. The quantitative estimate of drug-likeness (QED) is 0.381. The molecule has 0 bridgehead atoms. The molecule has 0 N–H and O–H groups in total. The van der Waals surface area contributed by atoms with Gasteiger partial charge in [0.25, 0.3) is 0 Å². The van der Waals surface area contributed by atoms with Crippen molar-refractivity contribution in [2.24, 2.45) is 4.99 Å². The summed E-state index contributed by atoms with van der Waals surface area (Å²) in [5, 5.41) is 0. The van der Waals surface area contributed by atoms with Gasteiger partial charge in [-0.15, -0.1) is 0 Å². The normalized spacial score (nSPS) is 11.7. The first kappa shape index (κ1) is 19.3. The zero-order valence-corrected chi connectivity index (χ0v) is 17.3. The Bertz CT molecular complexity index is 1090. The molecule has 0 heterocycles. The van der Waals surface area contributed by atoms with Crippen LogP contribution in [0.2, 0.25) is 0 Å². The summed E-state index contributed by atoms with van der Waals surface area (Å²) in [5.74, 6) is 0.226. The summed E-state index contributed by atoms with van der Waals surface area (Å²) in [7, 11) is -3.89. The molecule has 0 aliphatic heterocycles. The molecule has 0 saturated heterocycles. The van der Waals surface area contributed by atoms with Crippen LogP contribution in [-0.2, 0) is 10.1 Å². The Morgan fingerprint density at radius 2 is 1.67 bits per heavy atom. The van der Waals surface area contributed by atoms with Gasteiger partial charge in [-0.2, -0.15) is 8.42 Å². The van der Waals surface area contributed by atoms with Crippen LogP contribution >= 0.6 is 15.9 Å². The summed E-state index contributed by atoms with van der Waals surface area (Å²) in [5.41, 5.74) is 3.77. The standard InChI is InChI=1S/C21H18BrNO3S/c1-15-7-10-18(11-8-15)27(24,25)26-21-12-9-17(13-19(21)22)14-23-20-6-4-3-5-16(20)2/h3-14H,1-2H3. The molecule has 3 aromatic carbocycles. The van der Waals surface area contributed by atoms with E-state index >= 15 is 0 Å². The zero-order valence-electron chi connectivity index (χ0n) is 14.9. The Morgan fingerprint density at radius 3 is 2.33 bits per heavy atom. The molecule has 0 amide bonds. The van der Waals surface area contributed by atoms with Crippen molar-refractivity contribution in [2.75, 3.05) is 0 Å². The van der Waals surface area contributed by atoms with E-state index in [1.165, 1.54) is 12.1 Å². The molecule has 3 aromatic rings. The van der Waals surface area contributed by atoms with Gasteiger partial charge in [-0.3, -0.25) is 4.99 Å². The first-order valence-corrected chi connectivity index (χ1v) is 10.5. The average molecular weight is 444 g/mol. The molecule has 0 unspecified atom stereocenters. The molecule has 0 saturated carbocycles. The fraction of sp³-hybridized carbons (Fsp3) is 0.0952. The highest BCUT2D eigenvalue weighted by atomic mass is 79.9. The number of halogens is 1. The fourth-order valence-corrected chi connectivity index (χ4v) is 3.92. The number of aryl methyl sites for hydroxylation is 2. The summed E-state index contributed by atoms with van der Waals surface area (Å²) in [6, 6.07) is 19.5. The van der Waals surface area contributed by atoms with Gasteiger partial charge in [0.2, 0.25) is 0 Å². The second-order valence-corrected chi connectivity index (χ2v) is 8.49.